The molecule has 0 amide bonds. The lowest BCUT2D eigenvalue weighted by Crippen LogP contribution is -2.47. The molecule has 1 saturated heterocycles. The number of β-amino-alcohol motifs (C(OH)–C–C–N with tert-alkyl or cyclic N) is 1. The highest BCUT2D eigenvalue weighted by Gasteiger charge is 2.18. The van der Waals surface area contributed by atoms with Crippen LogP contribution in [0.25, 0.3) is 0 Å². The maximum absolute atomic E-state index is 12.8. The first-order chi connectivity index (χ1) is 8.69. The Balaban J connectivity index is 1.84. The van der Waals surface area contributed by atoms with Crippen LogP contribution in [0.15, 0.2) is 24.3 Å². The second kappa shape index (κ2) is 6.27. The van der Waals surface area contributed by atoms with Crippen molar-refractivity contribution in [3.05, 3.63) is 35.6 Å². The Morgan fingerprint density at radius 3 is 2.22 bits per heavy atom. The van der Waals surface area contributed by atoms with Crippen molar-refractivity contribution in [1.29, 1.82) is 0 Å². The summed E-state index contributed by atoms with van der Waals surface area (Å²) in [6.07, 6.45) is -0.529. The largest absolute Gasteiger partial charge is 0.387 e. The van der Waals surface area contributed by atoms with Gasteiger partial charge in [0.15, 0.2) is 0 Å². The molecule has 1 aliphatic rings. The van der Waals surface area contributed by atoms with E-state index in [1.165, 1.54) is 12.1 Å². The lowest BCUT2D eigenvalue weighted by atomic mass is 10.1. The van der Waals surface area contributed by atoms with Crippen molar-refractivity contribution >= 4 is 0 Å². The lowest BCUT2D eigenvalue weighted by molar-refractivity contribution is 0.0744. The van der Waals surface area contributed by atoms with Gasteiger partial charge in [-0.2, -0.15) is 0 Å². The van der Waals surface area contributed by atoms with E-state index in [1.54, 1.807) is 12.1 Å². The second-order valence-electron chi connectivity index (χ2n) is 4.80. The average molecular weight is 252 g/mol. The zero-order valence-corrected chi connectivity index (χ0v) is 10.8. The van der Waals surface area contributed by atoms with Crippen LogP contribution in [0.5, 0.6) is 0 Å². The quantitative estimate of drug-likeness (QED) is 0.879. The second-order valence-corrected chi connectivity index (χ2v) is 4.80. The summed E-state index contributed by atoms with van der Waals surface area (Å²) in [7, 11) is 0. The van der Waals surface area contributed by atoms with Gasteiger partial charge >= 0.3 is 0 Å². The summed E-state index contributed by atoms with van der Waals surface area (Å²) in [6, 6.07) is 6.10. The van der Waals surface area contributed by atoms with Gasteiger partial charge in [0.2, 0.25) is 0 Å². The summed E-state index contributed by atoms with van der Waals surface area (Å²) in [4.78, 5) is 4.67. The van der Waals surface area contributed by atoms with Crippen LogP contribution in [0, 0.1) is 5.82 Å². The molecule has 1 fully saturated rings. The van der Waals surface area contributed by atoms with E-state index in [4.69, 9.17) is 0 Å². The fraction of sp³-hybridized carbons (Fsp3) is 0.571. The van der Waals surface area contributed by atoms with Gasteiger partial charge < -0.3 is 10.0 Å². The molecule has 18 heavy (non-hydrogen) atoms. The number of aliphatic hydroxyl groups is 1. The van der Waals surface area contributed by atoms with Crippen molar-refractivity contribution in [2.24, 2.45) is 0 Å². The van der Waals surface area contributed by atoms with Gasteiger partial charge in [-0.1, -0.05) is 19.1 Å². The molecule has 0 unspecified atom stereocenters. The fourth-order valence-corrected chi connectivity index (χ4v) is 2.32. The molecule has 1 aliphatic heterocycles. The molecule has 1 aromatic carbocycles. The van der Waals surface area contributed by atoms with Crippen LogP contribution in [-0.4, -0.2) is 54.2 Å². The number of nitrogens with zero attached hydrogens (tertiary/aromatic N) is 2. The Labute approximate surface area is 108 Å². The zero-order chi connectivity index (χ0) is 13.0. The Kier molecular flexibility index (Phi) is 4.69. The summed E-state index contributed by atoms with van der Waals surface area (Å²) < 4.78 is 12.8. The summed E-state index contributed by atoms with van der Waals surface area (Å²) in [5, 5.41) is 10.1. The van der Waals surface area contributed by atoms with Crippen LogP contribution in [0.4, 0.5) is 4.39 Å². The molecular formula is C14H21FN2O. The standard InChI is InChI=1S/C14H21FN2O/c1-2-16-7-9-17(10-8-16)11-14(18)12-3-5-13(15)6-4-12/h3-6,14,18H,2,7-11H2,1H3/t14-/m0/s1. The zero-order valence-electron chi connectivity index (χ0n) is 10.8. The van der Waals surface area contributed by atoms with Crippen molar-refractivity contribution in [2.75, 3.05) is 39.3 Å². The van der Waals surface area contributed by atoms with Crippen molar-refractivity contribution in [3.63, 3.8) is 0 Å². The number of piperazine rings is 1. The first-order valence-electron chi connectivity index (χ1n) is 6.57. The molecule has 4 heteroatoms. The molecule has 2 rings (SSSR count). The van der Waals surface area contributed by atoms with Gasteiger partial charge in [-0.25, -0.2) is 4.39 Å². The molecular weight excluding hydrogens is 231 g/mol. The van der Waals surface area contributed by atoms with Gasteiger partial charge in [-0.15, -0.1) is 0 Å². The van der Waals surface area contributed by atoms with Crippen molar-refractivity contribution in [2.45, 2.75) is 13.0 Å². The summed E-state index contributed by atoms with van der Waals surface area (Å²) >= 11 is 0. The number of hydrogen-bond donors (Lipinski definition) is 1. The third-order valence-corrected chi connectivity index (χ3v) is 3.60. The Morgan fingerprint density at radius 2 is 1.67 bits per heavy atom. The molecule has 100 valence electrons. The van der Waals surface area contributed by atoms with Gasteiger partial charge in [0, 0.05) is 32.7 Å². The molecule has 0 aliphatic carbocycles. The van der Waals surface area contributed by atoms with Crippen LogP contribution in [0.3, 0.4) is 0 Å². The van der Waals surface area contributed by atoms with E-state index >= 15 is 0 Å². The smallest absolute Gasteiger partial charge is 0.123 e. The molecule has 0 saturated carbocycles. The topological polar surface area (TPSA) is 26.7 Å². The van der Waals surface area contributed by atoms with Gasteiger partial charge in [-0.05, 0) is 24.2 Å². The number of benzene rings is 1. The SMILES string of the molecule is CCN1CCN(C[C@H](O)c2ccc(F)cc2)CC1. The van der Waals surface area contributed by atoms with Gasteiger partial charge in [-0.3, -0.25) is 4.90 Å². The van der Waals surface area contributed by atoms with Crippen LogP contribution >= 0.6 is 0 Å². The monoisotopic (exact) mass is 252 g/mol. The lowest BCUT2D eigenvalue weighted by Gasteiger charge is -2.35. The van der Waals surface area contributed by atoms with E-state index in [2.05, 4.69) is 16.7 Å². The molecule has 0 aromatic heterocycles. The van der Waals surface area contributed by atoms with E-state index in [0.29, 0.717) is 6.54 Å². The minimum Gasteiger partial charge on any atom is -0.387 e. The van der Waals surface area contributed by atoms with E-state index in [0.717, 1.165) is 38.3 Å². The molecule has 1 aromatic rings. The van der Waals surface area contributed by atoms with Crippen LogP contribution in [0.1, 0.15) is 18.6 Å². The van der Waals surface area contributed by atoms with Gasteiger partial charge in [0.1, 0.15) is 5.82 Å². The van der Waals surface area contributed by atoms with Crippen molar-refractivity contribution in [1.82, 2.24) is 9.80 Å². The highest BCUT2D eigenvalue weighted by Crippen LogP contribution is 2.15. The normalized spacial score (nSPS) is 19.9. The van der Waals surface area contributed by atoms with E-state index in [-0.39, 0.29) is 5.82 Å². The maximum atomic E-state index is 12.8. The van der Waals surface area contributed by atoms with Gasteiger partial charge in [0.25, 0.3) is 0 Å². The van der Waals surface area contributed by atoms with E-state index < -0.39 is 6.10 Å². The summed E-state index contributed by atoms with van der Waals surface area (Å²) in [5.41, 5.74) is 0.786. The number of hydrogen-bond acceptors (Lipinski definition) is 3. The predicted octanol–water partition coefficient (Wildman–Crippen LogP) is 1.50. The molecule has 0 spiro atoms. The van der Waals surface area contributed by atoms with Crippen LogP contribution in [-0.2, 0) is 0 Å². The van der Waals surface area contributed by atoms with Crippen LogP contribution < -0.4 is 0 Å². The first-order valence-corrected chi connectivity index (χ1v) is 6.57. The molecule has 1 N–H and O–H groups in total. The third-order valence-electron chi connectivity index (χ3n) is 3.60. The fourth-order valence-electron chi connectivity index (χ4n) is 2.32. The molecule has 1 heterocycles. The molecule has 3 nitrogen and oxygen atoms in total. The summed E-state index contributed by atoms with van der Waals surface area (Å²) in [5.74, 6) is -0.262. The molecule has 0 bridgehead atoms. The average Bonchev–Trinajstić information content (AvgIpc) is 2.40. The highest BCUT2D eigenvalue weighted by atomic mass is 19.1. The molecule has 0 radical (unpaired) electrons. The van der Waals surface area contributed by atoms with Crippen molar-refractivity contribution < 1.29 is 9.50 Å². The highest BCUT2D eigenvalue weighted by molar-refractivity contribution is 5.18. The minimum atomic E-state index is -0.529. The number of aliphatic hydroxyl groups excluding tert-OH is 1. The number of rotatable bonds is 4. The maximum Gasteiger partial charge on any atom is 0.123 e. The van der Waals surface area contributed by atoms with E-state index in [9.17, 15) is 9.50 Å². The number of halogens is 1. The predicted molar refractivity (Wildman–Crippen MR) is 69.9 cm³/mol. The Bertz CT molecular complexity index is 361. The Morgan fingerprint density at radius 1 is 1.11 bits per heavy atom. The van der Waals surface area contributed by atoms with Crippen molar-refractivity contribution in [3.8, 4) is 0 Å². The first kappa shape index (κ1) is 13.5. The molecule has 1 atom stereocenters. The van der Waals surface area contributed by atoms with E-state index in [1.807, 2.05) is 0 Å². The van der Waals surface area contributed by atoms with Crippen LogP contribution in [0.2, 0.25) is 0 Å². The van der Waals surface area contributed by atoms with Gasteiger partial charge in [0.05, 0.1) is 6.10 Å². The Hall–Kier alpha value is -0.970. The summed E-state index contributed by atoms with van der Waals surface area (Å²) in [6.45, 7) is 8.00. The minimum absolute atomic E-state index is 0.262. The number of likely N-dealkylation sites (N-methyl/N-ethyl adjacent to an activating group) is 1. The third kappa shape index (κ3) is 3.51.